The quantitative estimate of drug-likeness (QED) is 0.697. The van der Waals surface area contributed by atoms with Crippen LogP contribution in [0.3, 0.4) is 0 Å². The molecule has 0 aromatic rings. The first-order valence-electron chi connectivity index (χ1n) is 6.36. The van der Waals surface area contributed by atoms with E-state index in [1.165, 1.54) is 0 Å². The second-order valence-corrected chi connectivity index (χ2v) is 8.04. The average molecular weight is 280 g/mol. The van der Waals surface area contributed by atoms with E-state index in [0.717, 1.165) is 6.42 Å². The molecule has 0 fully saturated rings. The molecule has 0 aliphatic carbocycles. The number of nitrogens with two attached hydrogens (primary N) is 1. The Morgan fingerprint density at radius 3 is 2.28 bits per heavy atom. The molecule has 0 saturated carbocycles. The molecule has 3 N–H and O–H groups in total. The molecule has 0 aromatic heterocycles. The number of hydrogen-bond acceptors (Lipinski definition) is 4. The van der Waals surface area contributed by atoms with Crippen molar-refractivity contribution < 1.29 is 13.2 Å². The highest BCUT2D eigenvalue weighted by atomic mass is 32.2. The minimum absolute atomic E-state index is 0.0204. The average Bonchev–Trinajstić information content (AvgIpc) is 2.11. The summed E-state index contributed by atoms with van der Waals surface area (Å²) in [5.41, 5.74) is 5.99. The Morgan fingerprint density at radius 2 is 1.83 bits per heavy atom. The van der Waals surface area contributed by atoms with Gasteiger partial charge in [0.2, 0.25) is 10.0 Å². The van der Waals surface area contributed by atoms with Gasteiger partial charge in [-0.2, -0.15) is 0 Å². The van der Waals surface area contributed by atoms with E-state index in [9.17, 15) is 8.42 Å². The van der Waals surface area contributed by atoms with E-state index in [1.54, 1.807) is 0 Å². The predicted octanol–water partition coefficient (Wildman–Crippen LogP) is 1.09. The third-order valence-corrected chi connectivity index (χ3v) is 3.55. The van der Waals surface area contributed by atoms with Gasteiger partial charge in [0, 0.05) is 12.6 Å². The van der Waals surface area contributed by atoms with Gasteiger partial charge in [-0.15, -0.1) is 0 Å². The van der Waals surface area contributed by atoms with Gasteiger partial charge < -0.3 is 10.5 Å². The van der Waals surface area contributed by atoms with Crippen LogP contribution >= 0.6 is 0 Å². The molecule has 18 heavy (non-hydrogen) atoms. The first-order chi connectivity index (χ1) is 8.02. The summed E-state index contributed by atoms with van der Waals surface area (Å²) in [6.45, 7) is 10.5. The number of hydrogen-bond donors (Lipinski definition) is 2. The highest BCUT2D eigenvalue weighted by molar-refractivity contribution is 7.89. The summed E-state index contributed by atoms with van der Waals surface area (Å²) < 4.78 is 31.0. The summed E-state index contributed by atoms with van der Waals surface area (Å²) in [7, 11) is -3.28. The van der Waals surface area contributed by atoms with Crippen LogP contribution in [0.4, 0.5) is 0 Å². The Hall–Kier alpha value is -0.170. The highest BCUT2D eigenvalue weighted by Crippen LogP contribution is 2.19. The van der Waals surface area contributed by atoms with Crippen molar-refractivity contribution in [3.8, 4) is 0 Å². The molecule has 0 rings (SSSR count). The van der Waals surface area contributed by atoms with Crippen molar-refractivity contribution >= 4 is 10.0 Å². The zero-order valence-corrected chi connectivity index (χ0v) is 13.0. The van der Waals surface area contributed by atoms with Crippen LogP contribution in [-0.2, 0) is 14.8 Å². The van der Waals surface area contributed by atoms with Gasteiger partial charge in [0.25, 0.3) is 0 Å². The number of rotatable bonds is 8. The first kappa shape index (κ1) is 17.8. The molecule has 0 heterocycles. The summed E-state index contributed by atoms with van der Waals surface area (Å²) in [6, 6.07) is -0.161. The van der Waals surface area contributed by atoms with Crippen LogP contribution < -0.4 is 10.5 Å². The van der Waals surface area contributed by atoms with E-state index >= 15 is 0 Å². The van der Waals surface area contributed by atoms with Gasteiger partial charge >= 0.3 is 0 Å². The molecule has 0 saturated heterocycles. The molecule has 0 amide bonds. The normalized spacial score (nSPS) is 15.1. The number of ether oxygens (including phenoxy) is 1. The second kappa shape index (κ2) is 7.43. The van der Waals surface area contributed by atoms with E-state index < -0.39 is 10.0 Å². The smallest absolute Gasteiger partial charge is 0.213 e. The van der Waals surface area contributed by atoms with E-state index in [2.05, 4.69) is 25.5 Å². The Balaban J connectivity index is 3.96. The van der Waals surface area contributed by atoms with Gasteiger partial charge in [-0.3, -0.25) is 0 Å². The molecular weight excluding hydrogens is 252 g/mol. The van der Waals surface area contributed by atoms with Crippen LogP contribution in [0.2, 0.25) is 0 Å². The monoisotopic (exact) mass is 280 g/mol. The van der Waals surface area contributed by atoms with Crippen LogP contribution in [0, 0.1) is 5.41 Å². The third-order valence-electron chi connectivity index (χ3n) is 2.24. The molecule has 0 aliphatic rings. The fraction of sp³-hybridized carbons (Fsp3) is 1.00. The van der Waals surface area contributed by atoms with Crippen molar-refractivity contribution in [2.24, 2.45) is 11.1 Å². The topological polar surface area (TPSA) is 81.4 Å². The second-order valence-electron chi connectivity index (χ2n) is 6.11. The number of sulfonamides is 1. The van der Waals surface area contributed by atoms with Gasteiger partial charge in [0.05, 0.1) is 18.5 Å². The lowest BCUT2D eigenvalue weighted by Gasteiger charge is -2.23. The standard InChI is InChI=1S/C12H28N2O3S/c1-10(2)17-6-7-18(15,16)14-9-11(13)8-12(3,4)5/h10-11,14H,6-9,13H2,1-5H3. The zero-order valence-electron chi connectivity index (χ0n) is 12.2. The highest BCUT2D eigenvalue weighted by Gasteiger charge is 2.18. The molecule has 0 bridgehead atoms. The summed E-state index contributed by atoms with van der Waals surface area (Å²) in [5.74, 6) is -0.0204. The van der Waals surface area contributed by atoms with Crippen LogP contribution in [0.5, 0.6) is 0 Å². The van der Waals surface area contributed by atoms with Crippen molar-refractivity contribution in [3.05, 3.63) is 0 Å². The predicted molar refractivity (Wildman–Crippen MR) is 74.9 cm³/mol. The summed E-state index contributed by atoms with van der Waals surface area (Å²) in [6.07, 6.45) is 0.821. The molecular formula is C12H28N2O3S. The Morgan fingerprint density at radius 1 is 1.28 bits per heavy atom. The Kier molecular flexibility index (Phi) is 7.36. The van der Waals surface area contributed by atoms with Crippen molar-refractivity contribution in [1.82, 2.24) is 4.72 Å². The van der Waals surface area contributed by atoms with Crippen LogP contribution in [0.15, 0.2) is 0 Å². The first-order valence-corrected chi connectivity index (χ1v) is 8.01. The van der Waals surface area contributed by atoms with Crippen LogP contribution in [0.25, 0.3) is 0 Å². The molecule has 0 aromatic carbocycles. The maximum atomic E-state index is 11.6. The van der Waals surface area contributed by atoms with Crippen LogP contribution in [-0.4, -0.2) is 39.5 Å². The van der Waals surface area contributed by atoms with Crippen molar-refractivity contribution in [2.75, 3.05) is 18.9 Å². The summed E-state index contributed by atoms with van der Waals surface area (Å²) >= 11 is 0. The van der Waals surface area contributed by atoms with Crippen molar-refractivity contribution in [3.63, 3.8) is 0 Å². The lowest BCUT2D eigenvalue weighted by molar-refractivity contribution is 0.0911. The lowest BCUT2D eigenvalue weighted by Crippen LogP contribution is -2.40. The van der Waals surface area contributed by atoms with Crippen molar-refractivity contribution in [1.29, 1.82) is 0 Å². The summed E-state index contributed by atoms with van der Waals surface area (Å²) in [5, 5.41) is 0. The fourth-order valence-corrected chi connectivity index (χ4v) is 2.49. The fourth-order valence-electron chi connectivity index (χ4n) is 1.56. The molecule has 0 aliphatic heterocycles. The molecule has 0 spiro atoms. The lowest BCUT2D eigenvalue weighted by atomic mass is 9.88. The van der Waals surface area contributed by atoms with E-state index in [-0.39, 0.29) is 36.5 Å². The molecule has 5 nitrogen and oxygen atoms in total. The number of nitrogens with one attached hydrogen (secondary N) is 1. The molecule has 0 radical (unpaired) electrons. The van der Waals surface area contributed by atoms with Gasteiger partial charge in [0.15, 0.2) is 0 Å². The van der Waals surface area contributed by atoms with Gasteiger partial charge in [-0.05, 0) is 25.7 Å². The molecule has 1 atom stereocenters. The van der Waals surface area contributed by atoms with Crippen molar-refractivity contribution in [2.45, 2.75) is 53.2 Å². The minimum Gasteiger partial charge on any atom is -0.378 e. The van der Waals surface area contributed by atoms with E-state index in [4.69, 9.17) is 10.5 Å². The third kappa shape index (κ3) is 11.0. The minimum atomic E-state index is -3.28. The van der Waals surface area contributed by atoms with E-state index in [1.807, 2.05) is 13.8 Å². The molecule has 6 heteroatoms. The Bertz CT molecular complexity index is 321. The van der Waals surface area contributed by atoms with Gasteiger partial charge in [-0.25, -0.2) is 13.1 Å². The maximum Gasteiger partial charge on any atom is 0.213 e. The maximum absolute atomic E-state index is 11.6. The zero-order chi connectivity index (χ0) is 14.4. The SMILES string of the molecule is CC(C)OCCS(=O)(=O)NCC(N)CC(C)(C)C. The van der Waals surface area contributed by atoms with Crippen LogP contribution in [0.1, 0.15) is 41.0 Å². The summed E-state index contributed by atoms with van der Waals surface area (Å²) in [4.78, 5) is 0. The molecule has 1 unspecified atom stereocenters. The Labute approximate surface area is 112 Å². The largest absolute Gasteiger partial charge is 0.378 e. The van der Waals surface area contributed by atoms with Gasteiger partial charge in [0.1, 0.15) is 0 Å². The molecule has 110 valence electrons. The van der Waals surface area contributed by atoms with E-state index in [0.29, 0.717) is 0 Å². The van der Waals surface area contributed by atoms with Gasteiger partial charge in [-0.1, -0.05) is 20.8 Å².